The van der Waals surface area contributed by atoms with Crippen LogP contribution in [0.2, 0.25) is 0 Å². The molecule has 0 spiro atoms. The van der Waals surface area contributed by atoms with Crippen molar-refractivity contribution in [3.63, 3.8) is 0 Å². The second-order valence-electron chi connectivity index (χ2n) is 6.00. The Balaban J connectivity index is 0.00000161. The van der Waals surface area contributed by atoms with Crippen molar-refractivity contribution in [2.75, 3.05) is 13.1 Å². The molecule has 1 aliphatic carbocycles. The quantitative estimate of drug-likeness (QED) is 0.906. The molecule has 116 valence electrons. The zero-order chi connectivity index (χ0) is 14.1. The number of carbonyl (C=O) groups excluding carboxylic acids is 1. The van der Waals surface area contributed by atoms with Crippen molar-refractivity contribution in [1.29, 1.82) is 0 Å². The topological polar surface area (TPSA) is 32.3 Å². The molecule has 1 unspecified atom stereocenters. The molecular formula is C16H22ClFN2O. The Bertz CT molecular complexity index is 503. The van der Waals surface area contributed by atoms with E-state index < -0.39 is 0 Å². The third kappa shape index (κ3) is 3.55. The van der Waals surface area contributed by atoms with Crippen LogP contribution in [-0.2, 0) is 11.3 Å². The number of rotatable bonds is 5. The van der Waals surface area contributed by atoms with Gasteiger partial charge in [0.2, 0.25) is 5.91 Å². The van der Waals surface area contributed by atoms with Crippen LogP contribution in [-0.4, -0.2) is 29.9 Å². The molecule has 1 saturated heterocycles. The monoisotopic (exact) mass is 312 g/mol. The Kier molecular flexibility index (Phi) is 5.22. The minimum atomic E-state index is -0.219. The maximum Gasteiger partial charge on any atom is 0.226 e. The van der Waals surface area contributed by atoms with Crippen molar-refractivity contribution in [2.24, 2.45) is 11.8 Å². The highest BCUT2D eigenvalue weighted by molar-refractivity contribution is 5.85. The summed E-state index contributed by atoms with van der Waals surface area (Å²) in [6.45, 7) is 4.25. The van der Waals surface area contributed by atoms with Gasteiger partial charge in [-0.05, 0) is 37.9 Å². The van der Waals surface area contributed by atoms with E-state index in [4.69, 9.17) is 0 Å². The summed E-state index contributed by atoms with van der Waals surface area (Å²) in [5, 5.41) is 3.21. The molecule has 0 aromatic heterocycles. The minimum absolute atomic E-state index is 0. The Morgan fingerprint density at radius 2 is 2.05 bits per heavy atom. The largest absolute Gasteiger partial charge is 0.335 e. The van der Waals surface area contributed by atoms with Gasteiger partial charge in [-0.2, -0.15) is 0 Å². The molecule has 21 heavy (non-hydrogen) atoms. The van der Waals surface area contributed by atoms with Crippen molar-refractivity contribution in [3.05, 3.63) is 35.6 Å². The standard InChI is InChI=1S/C16H21FN2O.ClH/c1-11(13-8-18-9-13)16(20)19(14-6-7-14)10-12-4-2-3-5-15(12)17;/h2-5,11,13-14,18H,6-10H2,1H3;1H. The minimum Gasteiger partial charge on any atom is -0.335 e. The Morgan fingerprint density at radius 1 is 1.38 bits per heavy atom. The van der Waals surface area contributed by atoms with Gasteiger partial charge in [0.25, 0.3) is 0 Å². The number of halogens is 2. The van der Waals surface area contributed by atoms with E-state index in [0.717, 1.165) is 25.9 Å². The van der Waals surface area contributed by atoms with Gasteiger partial charge in [0, 0.05) is 24.1 Å². The van der Waals surface area contributed by atoms with Gasteiger partial charge in [0.15, 0.2) is 0 Å². The second kappa shape index (κ2) is 6.75. The van der Waals surface area contributed by atoms with Crippen LogP contribution in [0.4, 0.5) is 4.39 Å². The Labute approximate surface area is 131 Å². The van der Waals surface area contributed by atoms with Crippen molar-refractivity contribution in [3.8, 4) is 0 Å². The van der Waals surface area contributed by atoms with Gasteiger partial charge in [-0.15, -0.1) is 12.4 Å². The molecule has 1 aliphatic heterocycles. The van der Waals surface area contributed by atoms with Gasteiger partial charge in [-0.25, -0.2) is 4.39 Å². The molecule has 2 fully saturated rings. The summed E-state index contributed by atoms with van der Waals surface area (Å²) in [5.74, 6) is 0.430. The zero-order valence-corrected chi connectivity index (χ0v) is 13.0. The summed E-state index contributed by atoms with van der Waals surface area (Å²) in [4.78, 5) is 14.5. The fourth-order valence-corrected chi connectivity index (χ4v) is 2.71. The summed E-state index contributed by atoms with van der Waals surface area (Å²) in [6.07, 6.45) is 2.10. The average Bonchev–Trinajstić information content (AvgIpc) is 3.19. The van der Waals surface area contributed by atoms with E-state index in [9.17, 15) is 9.18 Å². The number of nitrogens with one attached hydrogen (secondary N) is 1. The van der Waals surface area contributed by atoms with Gasteiger partial charge in [-0.3, -0.25) is 4.79 Å². The summed E-state index contributed by atoms with van der Waals surface area (Å²) in [5.41, 5.74) is 0.617. The van der Waals surface area contributed by atoms with Gasteiger partial charge in [-0.1, -0.05) is 25.1 Å². The van der Waals surface area contributed by atoms with Crippen LogP contribution in [0.5, 0.6) is 0 Å². The lowest BCUT2D eigenvalue weighted by molar-refractivity contribution is -0.138. The van der Waals surface area contributed by atoms with E-state index >= 15 is 0 Å². The van der Waals surface area contributed by atoms with Crippen molar-refractivity contribution < 1.29 is 9.18 Å². The van der Waals surface area contributed by atoms with Crippen LogP contribution in [0, 0.1) is 17.7 Å². The first-order valence-corrected chi connectivity index (χ1v) is 7.41. The molecule has 5 heteroatoms. The van der Waals surface area contributed by atoms with Crippen molar-refractivity contribution in [2.45, 2.75) is 32.4 Å². The van der Waals surface area contributed by atoms with E-state index in [1.807, 2.05) is 17.9 Å². The van der Waals surface area contributed by atoms with E-state index in [2.05, 4.69) is 5.32 Å². The molecule has 3 nitrogen and oxygen atoms in total. The average molecular weight is 313 g/mol. The van der Waals surface area contributed by atoms with Gasteiger partial charge < -0.3 is 10.2 Å². The molecular weight excluding hydrogens is 291 g/mol. The zero-order valence-electron chi connectivity index (χ0n) is 12.2. The molecule has 1 heterocycles. The highest BCUT2D eigenvalue weighted by Gasteiger charge is 2.38. The fourth-order valence-electron chi connectivity index (χ4n) is 2.71. The molecule has 0 bridgehead atoms. The number of nitrogens with zero attached hydrogens (tertiary/aromatic N) is 1. The lowest BCUT2D eigenvalue weighted by atomic mass is 9.87. The number of hydrogen-bond donors (Lipinski definition) is 1. The van der Waals surface area contributed by atoms with Crippen LogP contribution >= 0.6 is 12.4 Å². The van der Waals surface area contributed by atoms with Crippen LogP contribution in [0.25, 0.3) is 0 Å². The lowest BCUT2D eigenvalue weighted by Gasteiger charge is -2.35. The highest BCUT2D eigenvalue weighted by atomic mass is 35.5. The maximum atomic E-state index is 13.8. The van der Waals surface area contributed by atoms with E-state index in [1.54, 1.807) is 12.1 Å². The Hall–Kier alpha value is -1.13. The number of carbonyl (C=O) groups is 1. The maximum absolute atomic E-state index is 13.8. The van der Waals surface area contributed by atoms with Crippen LogP contribution < -0.4 is 5.32 Å². The molecule has 1 atom stereocenters. The van der Waals surface area contributed by atoms with Crippen LogP contribution in [0.15, 0.2) is 24.3 Å². The molecule has 0 radical (unpaired) electrons. The highest BCUT2D eigenvalue weighted by Crippen LogP contribution is 2.31. The van der Waals surface area contributed by atoms with Gasteiger partial charge >= 0.3 is 0 Å². The summed E-state index contributed by atoms with van der Waals surface area (Å²) >= 11 is 0. The normalized spacial score (nSPS) is 19.3. The van der Waals surface area contributed by atoms with E-state index in [0.29, 0.717) is 24.1 Å². The molecule has 1 amide bonds. The SMILES string of the molecule is CC(C(=O)N(Cc1ccccc1F)C1CC1)C1CNC1.Cl. The third-order valence-electron chi connectivity index (χ3n) is 4.48. The fraction of sp³-hybridized carbons (Fsp3) is 0.562. The van der Waals surface area contributed by atoms with Crippen molar-refractivity contribution >= 4 is 18.3 Å². The van der Waals surface area contributed by atoms with E-state index in [1.165, 1.54) is 6.07 Å². The lowest BCUT2D eigenvalue weighted by Crippen LogP contribution is -2.50. The molecule has 2 aliphatic rings. The summed E-state index contributed by atoms with van der Waals surface area (Å²) in [6, 6.07) is 7.06. The van der Waals surface area contributed by atoms with Crippen LogP contribution in [0.3, 0.4) is 0 Å². The molecule has 3 rings (SSSR count). The smallest absolute Gasteiger partial charge is 0.226 e. The first-order chi connectivity index (χ1) is 9.66. The Morgan fingerprint density at radius 3 is 2.57 bits per heavy atom. The van der Waals surface area contributed by atoms with Crippen molar-refractivity contribution in [1.82, 2.24) is 10.2 Å². The first kappa shape index (κ1) is 16.2. The van der Waals surface area contributed by atoms with E-state index in [-0.39, 0.29) is 30.0 Å². The van der Waals surface area contributed by atoms with Gasteiger partial charge in [0.1, 0.15) is 5.82 Å². The molecule has 1 aromatic rings. The summed E-state index contributed by atoms with van der Waals surface area (Å²) in [7, 11) is 0. The number of benzene rings is 1. The van der Waals surface area contributed by atoms with Crippen LogP contribution in [0.1, 0.15) is 25.3 Å². The molecule has 1 N–H and O–H groups in total. The molecule has 1 saturated carbocycles. The predicted octanol–water partition coefficient (Wildman–Crippen LogP) is 2.59. The second-order valence-corrected chi connectivity index (χ2v) is 6.00. The number of amides is 1. The molecule has 1 aromatic carbocycles. The number of hydrogen-bond acceptors (Lipinski definition) is 2. The predicted molar refractivity (Wildman–Crippen MR) is 82.7 cm³/mol. The summed E-state index contributed by atoms with van der Waals surface area (Å²) < 4.78 is 13.8. The van der Waals surface area contributed by atoms with Gasteiger partial charge in [0.05, 0.1) is 0 Å². The first-order valence-electron chi connectivity index (χ1n) is 7.41. The third-order valence-corrected chi connectivity index (χ3v) is 4.48.